The summed E-state index contributed by atoms with van der Waals surface area (Å²) in [6.07, 6.45) is 4.32. The van der Waals surface area contributed by atoms with Crippen molar-refractivity contribution >= 4 is 37.7 Å². The first-order valence-electron chi connectivity index (χ1n) is 16.1. The second kappa shape index (κ2) is 14.3. The van der Waals surface area contributed by atoms with Crippen LogP contribution in [0.4, 0.5) is 5.82 Å². The van der Waals surface area contributed by atoms with Crippen molar-refractivity contribution in [3.63, 3.8) is 0 Å². The van der Waals surface area contributed by atoms with Gasteiger partial charge in [0.1, 0.15) is 35.4 Å². The summed E-state index contributed by atoms with van der Waals surface area (Å²) in [6, 6.07) is 16.9. The summed E-state index contributed by atoms with van der Waals surface area (Å²) >= 11 is 0. The maximum atomic E-state index is 13.4. The average Bonchev–Trinajstić information content (AvgIpc) is 3.50. The van der Waals surface area contributed by atoms with Gasteiger partial charge in [0.25, 0.3) is 10.1 Å². The molecule has 2 aromatic carbocycles. The lowest BCUT2D eigenvalue weighted by molar-refractivity contribution is 0.148. The number of fused-ring (bicyclic) bond motifs is 2. The second-order valence-electron chi connectivity index (χ2n) is 12.2. The standard InChI is InChI=1S/C33H32N8O3.C2H6O3S/c1-20(41-32-28(31(34)36-19-37-32)29(38-41)23-15-24(42)17-35-16-23)30-27(25-8-3-4-9-26(25)33(43)44-30)22-7-5-6-21(14-22)18-40-12-10-39(2)11-13-40;1-2-6(3,4)5/h3-9,14-17,19-20,42H,10-13,18H2,1-2H3,(H2,34,36,37);2H2,1H3,(H,3,4,5)/t20-;/m0./s1. The Hall–Kier alpha value is -5.22. The number of nitrogens with zero attached hydrogens (tertiary/aromatic N) is 7. The Bertz CT molecular complexity index is 2330. The lowest BCUT2D eigenvalue weighted by atomic mass is 9.94. The molecular weight excluding hydrogens is 661 g/mol. The number of piperazine rings is 1. The summed E-state index contributed by atoms with van der Waals surface area (Å²) in [5.74, 6) is 0.483. The van der Waals surface area contributed by atoms with E-state index in [1.165, 1.54) is 25.0 Å². The van der Waals surface area contributed by atoms with E-state index in [4.69, 9.17) is 19.8 Å². The highest BCUT2D eigenvalue weighted by molar-refractivity contribution is 7.85. The monoisotopic (exact) mass is 698 g/mol. The van der Waals surface area contributed by atoms with Gasteiger partial charge in [-0.05, 0) is 50.2 Å². The maximum Gasteiger partial charge on any atom is 0.343 e. The molecule has 1 aliphatic rings. The first kappa shape index (κ1) is 34.6. The van der Waals surface area contributed by atoms with Crippen molar-refractivity contribution in [2.24, 2.45) is 0 Å². The molecule has 1 atom stereocenters. The molecule has 1 aliphatic heterocycles. The fourth-order valence-corrected chi connectivity index (χ4v) is 6.03. The van der Waals surface area contributed by atoms with Gasteiger partial charge in [0.05, 0.1) is 22.7 Å². The molecule has 0 spiro atoms. The van der Waals surface area contributed by atoms with Gasteiger partial charge in [-0.3, -0.25) is 14.4 Å². The van der Waals surface area contributed by atoms with Gasteiger partial charge in [0.15, 0.2) is 5.65 Å². The van der Waals surface area contributed by atoms with E-state index < -0.39 is 21.8 Å². The number of rotatable bonds is 7. The zero-order valence-electron chi connectivity index (χ0n) is 27.9. The summed E-state index contributed by atoms with van der Waals surface area (Å²) in [4.78, 5) is 31.0. The molecule has 260 valence electrons. The van der Waals surface area contributed by atoms with Gasteiger partial charge in [-0.1, -0.05) is 36.4 Å². The van der Waals surface area contributed by atoms with Gasteiger partial charge in [-0.15, -0.1) is 0 Å². The summed E-state index contributed by atoms with van der Waals surface area (Å²) in [6.45, 7) is 8.24. The number of hydrogen-bond acceptors (Lipinski definition) is 12. The number of likely N-dealkylation sites (N-methyl/N-ethyl adjacent to an activating group) is 1. The Balaban J connectivity index is 0.000000664. The average molecular weight is 699 g/mol. The highest BCUT2D eigenvalue weighted by Gasteiger charge is 2.27. The first-order valence-corrected chi connectivity index (χ1v) is 17.7. The number of nitrogens with two attached hydrogens (primary N) is 1. The van der Waals surface area contributed by atoms with E-state index in [1.54, 1.807) is 23.0 Å². The molecule has 0 radical (unpaired) electrons. The Morgan fingerprint density at radius 3 is 2.40 bits per heavy atom. The number of hydrogen-bond donors (Lipinski definition) is 3. The van der Waals surface area contributed by atoms with Crippen molar-refractivity contribution < 1.29 is 22.5 Å². The van der Waals surface area contributed by atoms with E-state index in [0.29, 0.717) is 33.4 Å². The largest absolute Gasteiger partial charge is 0.506 e. The zero-order chi connectivity index (χ0) is 35.6. The number of pyridine rings is 1. The van der Waals surface area contributed by atoms with Crippen LogP contribution in [0.3, 0.4) is 0 Å². The molecule has 50 heavy (non-hydrogen) atoms. The van der Waals surface area contributed by atoms with Gasteiger partial charge in [0.2, 0.25) is 0 Å². The van der Waals surface area contributed by atoms with Crippen molar-refractivity contribution in [3.8, 4) is 28.1 Å². The molecule has 1 saturated heterocycles. The molecule has 1 fully saturated rings. The molecule has 14 nitrogen and oxygen atoms in total. The quantitative estimate of drug-likeness (QED) is 0.201. The molecule has 0 saturated carbocycles. The third-order valence-electron chi connectivity index (χ3n) is 8.71. The zero-order valence-corrected chi connectivity index (χ0v) is 28.7. The first-order chi connectivity index (χ1) is 23.9. The van der Waals surface area contributed by atoms with E-state index in [-0.39, 0.29) is 17.3 Å². The molecule has 0 aliphatic carbocycles. The van der Waals surface area contributed by atoms with Crippen molar-refractivity contribution in [2.45, 2.75) is 26.4 Å². The summed E-state index contributed by atoms with van der Waals surface area (Å²) in [7, 11) is -1.51. The topological polar surface area (TPSA) is 194 Å². The Morgan fingerprint density at radius 1 is 0.980 bits per heavy atom. The molecule has 0 amide bonds. The van der Waals surface area contributed by atoms with E-state index in [1.807, 2.05) is 25.1 Å². The van der Waals surface area contributed by atoms with Gasteiger partial charge in [-0.25, -0.2) is 19.4 Å². The smallest absolute Gasteiger partial charge is 0.343 e. The molecule has 15 heteroatoms. The summed E-state index contributed by atoms with van der Waals surface area (Å²) in [5, 5.41) is 16.8. The number of aromatic hydroxyl groups is 1. The van der Waals surface area contributed by atoms with Gasteiger partial charge in [0, 0.05) is 55.4 Å². The molecule has 7 rings (SSSR count). The molecule has 4 N–H and O–H groups in total. The lowest BCUT2D eigenvalue weighted by Crippen LogP contribution is -2.43. The molecular formula is C35H38N8O6S. The van der Waals surface area contributed by atoms with Crippen LogP contribution in [0.1, 0.15) is 31.2 Å². The van der Waals surface area contributed by atoms with Crippen molar-refractivity contribution in [3.05, 3.63) is 95.1 Å². The third-order valence-corrected chi connectivity index (χ3v) is 9.44. The highest BCUT2D eigenvalue weighted by Crippen LogP contribution is 2.38. The van der Waals surface area contributed by atoms with Crippen LogP contribution in [0.15, 0.2) is 82.5 Å². The predicted molar refractivity (Wildman–Crippen MR) is 191 cm³/mol. The van der Waals surface area contributed by atoms with Gasteiger partial charge < -0.3 is 20.2 Å². The molecule has 5 heterocycles. The van der Waals surface area contributed by atoms with E-state index >= 15 is 0 Å². The van der Waals surface area contributed by atoms with Gasteiger partial charge in [-0.2, -0.15) is 13.5 Å². The van der Waals surface area contributed by atoms with Crippen LogP contribution >= 0.6 is 0 Å². The minimum absolute atomic E-state index is 0.00654. The molecule has 4 aromatic heterocycles. The highest BCUT2D eigenvalue weighted by atomic mass is 32.2. The van der Waals surface area contributed by atoms with Crippen LogP contribution in [0.25, 0.3) is 44.2 Å². The molecule has 6 aromatic rings. The van der Waals surface area contributed by atoms with E-state index in [9.17, 15) is 18.3 Å². The number of anilines is 1. The second-order valence-corrected chi connectivity index (χ2v) is 13.9. The minimum atomic E-state index is -3.66. The minimum Gasteiger partial charge on any atom is -0.506 e. The lowest BCUT2D eigenvalue weighted by Gasteiger charge is -2.32. The predicted octanol–water partition coefficient (Wildman–Crippen LogP) is 4.20. The van der Waals surface area contributed by atoms with Crippen LogP contribution < -0.4 is 11.4 Å². The van der Waals surface area contributed by atoms with Crippen LogP contribution in [0.2, 0.25) is 0 Å². The van der Waals surface area contributed by atoms with Crippen molar-refractivity contribution in [1.29, 1.82) is 0 Å². The maximum absolute atomic E-state index is 13.4. The Morgan fingerprint density at radius 2 is 1.70 bits per heavy atom. The Kier molecular flexibility index (Phi) is 9.93. The normalized spacial score (nSPS) is 14.8. The number of nitrogen functional groups attached to an aromatic ring is 1. The Labute approximate surface area is 288 Å². The SMILES string of the molecule is CCS(=O)(=O)O.C[C@@H](c1oc(=O)c2ccccc2c1-c1cccc(CN2CCN(C)CC2)c1)n1nc(-c2cncc(O)c2)c2c(N)ncnc21. The number of aromatic nitrogens is 5. The van der Waals surface area contributed by atoms with E-state index in [0.717, 1.165) is 49.2 Å². The molecule has 0 unspecified atom stereocenters. The van der Waals surface area contributed by atoms with Crippen LogP contribution in [0.5, 0.6) is 5.75 Å². The summed E-state index contributed by atoms with van der Waals surface area (Å²) in [5.41, 5.74) is 10.3. The van der Waals surface area contributed by atoms with Crippen LogP contribution in [0, 0.1) is 0 Å². The van der Waals surface area contributed by atoms with Crippen molar-refractivity contribution in [2.75, 3.05) is 44.7 Å². The fourth-order valence-electron chi connectivity index (χ4n) is 6.03. The van der Waals surface area contributed by atoms with Crippen molar-refractivity contribution in [1.82, 2.24) is 34.5 Å². The number of benzene rings is 2. The van der Waals surface area contributed by atoms with Crippen LogP contribution in [-0.4, -0.2) is 91.6 Å². The molecule has 0 bridgehead atoms. The third kappa shape index (κ3) is 7.35. The van der Waals surface area contributed by atoms with Gasteiger partial charge >= 0.3 is 5.63 Å². The summed E-state index contributed by atoms with van der Waals surface area (Å²) < 4.78 is 34.7. The van der Waals surface area contributed by atoms with Crippen LogP contribution in [-0.2, 0) is 16.7 Å². The van der Waals surface area contributed by atoms with E-state index in [2.05, 4.69) is 56.1 Å². The fraction of sp³-hybridized carbons (Fsp3) is 0.286.